The average Bonchev–Trinajstić information content (AvgIpc) is 2.73. The van der Waals surface area contributed by atoms with Gasteiger partial charge in [-0.1, -0.05) is 39.8 Å². The maximum Gasteiger partial charge on any atom is 0.247 e. The minimum absolute atomic E-state index is 0.625. The number of aryl methyl sites for hydroxylation is 3. The Hall–Kier alpha value is -0.910. The number of hydrogen-bond acceptors (Lipinski definition) is 3. The summed E-state index contributed by atoms with van der Waals surface area (Å²) in [5, 5.41) is 8.17. The molecule has 0 aliphatic heterocycles. The maximum atomic E-state index is 5.66. The number of nitrogens with zero attached hydrogens (tertiary/aromatic N) is 2. The summed E-state index contributed by atoms with van der Waals surface area (Å²) in [7, 11) is 0. The Balaban J connectivity index is 2.24. The van der Waals surface area contributed by atoms with Gasteiger partial charge in [0.25, 0.3) is 0 Å². The highest BCUT2D eigenvalue weighted by atomic mass is 127. The summed E-state index contributed by atoms with van der Waals surface area (Å²) < 4.78 is 6.77. The Morgan fingerprint density at radius 3 is 2.47 bits per heavy atom. The molecule has 0 fully saturated rings. The van der Waals surface area contributed by atoms with Crippen LogP contribution in [0.1, 0.15) is 23.4 Å². The van der Waals surface area contributed by atoms with Gasteiger partial charge in [-0.25, -0.2) is 0 Å². The third-order valence-corrected chi connectivity index (χ3v) is 3.22. The van der Waals surface area contributed by atoms with Crippen LogP contribution in [-0.4, -0.2) is 14.6 Å². The fourth-order valence-electron chi connectivity index (χ4n) is 1.79. The number of alkyl halides is 1. The highest BCUT2D eigenvalue weighted by Crippen LogP contribution is 2.21. The van der Waals surface area contributed by atoms with Crippen LogP contribution in [-0.2, 0) is 6.42 Å². The smallest absolute Gasteiger partial charge is 0.247 e. The van der Waals surface area contributed by atoms with E-state index in [9.17, 15) is 0 Å². The van der Waals surface area contributed by atoms with Gasteiger partial charge in [-0.2, -0.15) is 0 Å². The van der Waals surface area contributed by atoms with Gasteiger partial charge in [0.1, 0.15) is 0 Å². The molecule has 0 N–H and O–H groups in total. The first-order valence-electron chi connectivity index (χ1n) is 5.66. The van der Waals surface area contributed by atoms with Crippen LogP contribution in [0.4, 0.5) is 0 Å². The molecule has 1 aromatic carbocycles. The number of rotatable bonds is 4. The Bertz CT molecular complexity index is 488. The normalized spacial score (nSPS) is 10.8. The Morgan fingerprint density at radius 1 is 1.12 bits per heavy atom. The van der Waals surface area contributed by atoms with Crippen LogP contribution in [0.2, 0.25) is 0 Å². The van der Waals surface area contributed by atoms with Gasteiger partial charge in [0, 0.05) is 16.4 Å². The van der Waals surface area contributed by atoms with Crippen LogP contribution >= 0.6 is 22.6 Å². The Kier molecular flexibility index (Phi) is 4.15. The summed E-state index contributed by atoms with van der Waals surface area (Å²) in [6.07, 6.45) is 1.94. The van der Waals surface area contributed by atoms with Gasteiger partial charge in [-0.05, 0) is 32.4 Å². The molecule has 0 aliphatic carbocycles. The van der Waals surface area contributed by atoms with Crippen molar-refractivity contribution in [2.75, 3.05) is 4.43 Å². The number of benzene rings is 1. The van der Waals surface area contributed by atoms with E-state index in [1.807, 2.05) is 0 Å². The van der Waals surface area contributed by atoms with E-state index in [2.05, 4.69) is 64.8 Å². The van der Waals surface area contributed by atoms with Crippen molar-refractivity contribution in [3.63, 3.8) is 0 Å². The highest BCUT2D eigenvalue weighted by molar-refractivity contribution is 14.1. The van der Waals surface area contributed by atoms with Gasteiger partial charge in [0.2, 0.25) is 11.8 Å². The van der Waals surface area contributed by atoms with Crippen LogP contribution in [0.15, 0.2) is 22.6 Å². The second-order valence-electron chi connectivity index (χ2n) is 4.17. The first-order valence-corrected chi connectivity index (χ1v) is 7.18. The average molecular weight is 342 g/mol. The fraction of sp³-hybridized carbons (Fsp3) is 0.385. The third-order valence-electron chi connectivity index (χ3n) is 2.46. The monoisotopic (exact) mass is 342 g/mol. The van der Waals surface area contributed by atoms with Crippen LogP contribution in [0, 0.1) is 13.8 Å². The van der Waals surface area contributed by atoms with Crippen LogP contribution in [0.5, 0.6) is 0 Å². The van der Waals surface area contributed by atoms with Crippen LogP contribution < -0.4 is 0 Å². The quantitative estimate of drug-likeness (QED) is 0.628. The van der Waals surface area contributed by atoms with Gasteiger partial charge in [-0.15, -0.1) is 10.2 Å². The molecule has 0 unspecified atom stereocenters. The van der Waals surface area contributed by atoms with Crippen molar-refractivity contribution in [2.24, 2.45) is 0 Å². The first-order chi connectivity index (χ1) is 8.19. The predicted molar refractivity (Wildman–Crippen MR) is 76.4 cm³/mol. The van der Waals surface area contributed by atoms with E-state index in [0.717, 1.165) is 28.7 Å². The van der Waals surface area contributed by atoms with Crippen molar-refractivity contribution in [1.29, 1.82) is 0 Å². The lowest BCUT2D eigenvalue weighted by molar-refractivity contribution is 0.503. The largest absolute Gasteiger partial charge is 0.421 e. The van der Waals surface area contributed by atoms with E-state index in [4.69, 9.17) is 4.42 Å². The molecule has 17 heavy (non-hydrogen) atoms. The standard InChI is InChI=1S/C13H15IN2O/c1-9-6-10(2)8-11(7-9)13-16-15-12(17-13)4-3-5-14/h6-8H,3-5H2,1-2H3. The fourth-order valence-corrected chi connectivity index (χ4v) is 2.17. The number of aromatic nitrogens is 2. The van der Waals surface area contributed by atoms with Crippen LogP contribution in [0.3, 0.4) is 0 Å². The summed E-state index contributed by atoms with van der Waals surface area (Å²) in [5.41, 5.74) is 3.44. The van der Waals surface area contributed by atoms with E-state index in [1.54, 1.807) is 0 Å². The zero-order valence-corrected chi connectivity index (χ0v) is 12.2. The summed E-state index contributed by atoms with van der Waals surface area (Å²) >= 11 is 2.35. The molecule has 4 heteroatoms. The lowest BCUT2D eigenvalue weighted by Crippen LogP contribution is -1.85. The summed E-state index contributed by atoms with van der Waals surface area (Å²) in [4.78, 5) is 0. The molecule has 2 rings (SSSR count). The van der Waals surface area contributed by atoms with E-state index in [1.165, 1.54) is 11.1 Å². The maximum absolute atomic E-state index is 5.66. The van der Waals surface area contributed by atoms with E-state index < -0.39 is 0 Å². The minimum Gasteiger partial charge on any atom is -0.421 e. The minimum atomic E-state index is 0.625. The summed E-state index contributed by atoms with van der Waals surface area (Å²) in [6, 6.07) is 6.28. The van der Waals surface area contributed by atoms with Crippen molar-refractivity contribution >= 4 is 22.6 Å². The zero-order valence-electron chi connectivity index (χ0n) is 10.0. The van der Waals surface area contributed by atoms with E-state index >= 15 is 0 Å². The molecule has 90 valence electrons. The molecule has 0 atom stereocenters. The molecule has 0 spiro atoms. The van der Waals surface area contributed by atoms with E-state index in [-0.39, 0.29) is 0 Å². The molecule has 0 saturated heterocycles. The molecule has 1 heterocycles. The SMILES string of the molecule is Cc1cc(C)cc(-c2nnc(CCCI)o2)c1. The van der Waals surface area contributed by atoms with Gasteiger partial charge in [0.05, 0.1) is 0 Å². The first kappa shape index (κ1) is 12.5. The van der Waals surface area contributed by atoms with Crippen LogP contribution in [0.25, 0.3) is 11.5 Å². The lowest BCUT2D eigenvalue weighted by Gasteiger charge is -2.00. The van der Waals surface area contributed by atoms with Gasteiger partial charge >= 0.3 is 0 Å². The van der Waals surface area contributed by atoms with Crippen molar-refractivity contribution in [3.8, 4) is 11.5 Å². The molecular weight excluding hydrogens is 327 g/mol. The number of halogens is 1. The second kappa shape index (κ2) is 5.62. The van der Waals surface area contributed by atoms with Gasteiger partial charge in [0.15, 0.2) is 0 Å². The Morgan fingerprint density at radius 2 is 1.82 bits per heavy atom. The summed E-state index contributed by atoms with van der Waals surface area (Å²) in [5.74, 6) is 1.36. The molecular formula is C13H15IN2O. The predicted octanol–water partition coefficient (Wildman–Crippen LogP) is 3.72. The molecule has 0 aliphatic rings. The second-order valence-corrected chi connectivity index (χ2v) is 5.25. The van der Waals surface area contributed by atoms with Gasteiger partial charge < -0.3 is 4.42 Å². The molecule has 1 aromatic heterocycles. The zero-order chi connectivity index (χ0) is 12.3. The summed E-state index contributed by atoms with van der Waals surface area (Å²) in [6.45, 7) is 4.15. The molecule has 0 radical (unpaired) electrons. The topological polar surface area (TPSA) is 38.9 Å². The van der Waals surface area contributed by atoms with Gasteiger partial charge in [-0.3, -0.25) is 0 Å². The lowest BCUT2D eigenvalue weighted by atomic mass is 10.1. The van der Waals surface area contributed by atoms with Crippen molar-refractivity contribution in [3.05, 3.63) is 35.2 Å². The van der Waals surface area contributed by atoms with Crippen molar-refractivity contribution in [2.45, 2.75) is 26.7 Å². The third kappa shape index (κ3) is 3.28. The van der Waals surface area contributed by atoms with E-state index in [0.29, 0.717) is 5.89 Å². The Labute approximate surface area is 115 Å². The number of hydrogen-bond donors (Lipinski definition) is 0. The molecule has 0 bridgehead atoms. The highest BCUT2D eigenvalue weighted by Gasteiger charge is 2.08. The van der Waals surface area contributed by atoms with Crippen molar-refractivity contribution < 1.29 is 4.42 Å². The molecule has 0 saturated carbocycles. The molecule has 3 nitrogen and oxygen atoms in total. The molecule has 2 aromatic rings. The molecule has 0 amide bonds. The van der Waals surface area contributed by atoms with Crippen molar-refractivity contribution in [1.82, 2.24) is 10.2 Å².